The third-order valence-corrected chi connectivity index (χ3v) is 3.52. The largest absolute Gasteiger partial charge is 0.365 e. The SMILES string of the molecule is CCn1ccnc(NCC2(CCN)CC2)c1=O. The average molecular weight is 236 g/mol. The maximum Gasteiger partial charge on any atom is 0.293 e. The van der Waals surface area contributed by atoms with Crippen LogP contribution in [0.25, 0.3) is 0 Å². The molecule has 0 radical (unpaired) electrons. The second kappa shape index (κ2) is 4.87. The molecule has 1 saturated carbocycles. The number of hydrogen-bond acceptors (Lipinski definition) is 4. The lowest BCUT2D eigenvalue weighted by molar-refractivity contribution is 0.500. The number of aromatic nitrogens is 2. The molecule has 5 nitrogen and oxygen atoms in total. The highest BCUT2D eigenvalue weighted by Crippen LogP contribution is 2.48. The van der Waals surface area contributed by atoms with Crippen molar-refractivity contribution < 1.29 is 0 Å². The number of aryl methyl sites for hydroxylation is 1. The van der Waals surface area contributed by atoms with Crippen LogP contribution in [-0.2, 0) is 6.54 Å². The van der Waals surface area contributed by atoms with Crippen LogP contribution in [0.4, 0.5) is 5.82 Å². The van der Waals surface area contributed by atoms with E-state index in [1.165, 1.54) is 12.8 Å². The first-order valence-corrected chi connectivity index (χ1v) is 6.20. The standard InChI is InChI=1S/C12H20N4O/c1-2-16-8-7-14-10(11(16)17)15-9-12(3-4-12)5-6-13/h7-8H,2-6,9,13H2,1H3,(H,14,15). The normalized spacial score (nSPS) is 16.8. The summed E-state index contributed by atoms with van der Waals surface area (Å²) < 4.78 is 1.65. The van der Waals surface area contributed by atoms with Crippen molar-refractivity contribution in [3.63, 3.8) is 0 Å². The summed E-state index contributed by atoms with van der Waals surface area (Å²) in [7, 11) is 0. The molecule has 2 rings (SSSR count). The van der Waals surface area contributed by atoms with Crippen molar-refractivity contribution in [2.45, 2.75) is 32.7 Å². The first-order chi connectivity index (χ1) is 8.21. The lowest BCUT2D eigenvalue weighted by Gasteiger charge is -2.15. The van der Waals surface area contributed by atoms with Gasteiger partial charge in [-0.1, -0.05) is 0 Å². The fourth-order valence-corrected chi connectivity index (χ4v) is 2.09. The van der Waals surface area contributed by atoms with Gasteiger partial charge in [0.05, 0.1) is 0 Å². The van der Waals surface area contributed by atoms with Crippen LogP contribution in [0.3, 0.4) is 0 Å². The van der Waals surface area contributed by atoms with Crippen LogP contribution in [0.2, 0.25) is 0 Å². The van der Waals surface area contributed by atoms with Gasteiger partial charge < -0.3 is 15.6 Å². The van der Waals surface area contributed by atoms with E-state index in [1.54, 1.807) is 17.0 Å². The molecule has 0 amide bonds. The summed E-state index contributed by atoms with van der Waals surface area (Å²) in [4.78, 5) is 16.0. The van der Waals surface area contributed by atoms with Crippen molar-refractivity contribution in [2.75, 3.05) is 18.4 Å². The topological polar surface area (TPSA) is 72.9 Å². The number of hydrogen-bond donors (Lipinski definition) is 2. The first kappa shape index (κ1) is 12.1. The van der Waals surface area contributed by atoms with E-state index in [4.69, 9.17) is 5.73 Å². The Bertz CT molecular complexity index is 436. The second-order valence-corrected chi connectivity index (χ2v) is 4.76. The van der Waals surface area contributed by atoms with Crippen molar-refractivity contribution in [3.05, 3.63) is 22.7 Å². The molecule has 5 heteroatoms. The van der Waals surface area contributed by atoms with E-state index in [0.29, 0.717) is 24.3 Å². The van der Waals surface area contributed by atoms with Gasteiger partial charge in [0.15, 0.2) is 5.82 Å². The van der Waals surface area contributed by atoms with E-state index in [9.17, 15) is 4.79 Å². The lowest BCUT2D eigenvalue weighted by atomic mass is 10.0. The Kier molecular flexibility index (Phi) is 3.47. The van der Waals surface area contributed by atoms with Crippen molar-refractivity contribution in [1.29, 1.82) is 0 Å². The maximum atomic E-state index is 11.9. The van der Waals surface area contributed by atoms with Crippen LogP contribution in [0, 0.1) is 5.41 Å². The van der Waals surface area contributed by atoms with E-state index in [1.807, 2.05) is 6.92 Å². The van der Waals surface area contributed by atoms with Crippen molar-refractivity contribution in [3.8, 4) is 0 Å². The van der Waals surface area contributed by atoms with Gasteiger partial charge in [-0.2, -0.15) is 0 Å². The minimum Gasteiger partial charge on any atom is -0.365 e. The van der Waals surface area contributed by atoms with Gasteiger partial charge in [0.1, 0.15) is 0 Å². The monoisotopic (exact) mass is 236 g/mol. The third-order valence-electron chi connectivity index (χ3n) is 3.52. The van der Waals surface area contributed by atoms with Gasteiger partial charge in [0, 0.05) is 25.5 Å². The predicted molar refractivity (Wildman–Crippen MR) is 68.0 cm³/mol. The minimum absolute atomic E-state index is 0.0430. The molecular formula is C12H20N4O. The molecule has 17 heavy (non-hydrogen) atoms. The fourth-order valence-electron chi connectivity index (χ4n) is 2.09. The molecule has 0 aromatic carbocycles. The zero-order valence-electron chi connectivity index (χ0n) is 10.3. The molecule has 1 heterocycles. The van der Waals surface area contributed by atoms with Crippen molar-refractivity contribution >= 4 is 5.82 Å². The Labute approximate surface area is 101 Å². The molecular weight excluding hydrogens is 216 g/mol. The third kappa shape index (κ3) is 2.66. The van der Waals surface area contributed by atoms with Crippen molar-refractivity contribution in [2.24, 2.45) is 11.1 Å². The predicted octanol–water partition coefficient (Wildman–Crippen LogP) is 0.804. The highest BCUT2D eigenvalue weighted by Gasteiger charge is 2.41. The van der Waals surface area contributed by atoms with Gasteiger partial charge in [0.2, 0.25) is 0 Å². The Morgan fingerprint density at radius 2 is 2.35 bits per heavy atom. The van der Waals surface area contributed by atoms with E-state index in [0.717, 1.165) is 13.0 Å². The maximum absolute atomic E-state index is 11.9. The number of nitrogens with two attached hydrogens (primary N) is 1. The fraction of sp³-hybridized carbons (Fsp3) is 0.667. The summed E-state index contributed by atoms with van der Waals surface area (Å²) in [5.41, 5.74) is 5.86. The van der Waals surface area contributed by atoms with Gasteiger partial charge in [-0.15, -0.1) is 0 Å². The molecule has 1 aliphatic carbocycles. The Morgan fingerprint density at radius 1 is 1.59 bits per heavy atom. The second-order valence-electron chi connectivity index (χ2n) is 4.76. The van der Waals surface area contributed by atoms with Crippen LogP contribution in [0.1, 0.15) is 26.2 Å². The van der Waals surface area contributed by atoms with Crippen LogP contribution in [0.15, 0.2) is 17.2 Å². The van der Waals surface area contributed by atoms with E-state index in [-0.39, 0.29) is 5.56 Å². The number of nitrogens with zero attached hydrogens (tertiary/aromatic N) is 2. The Balaban J connectivity index is 2.02. The molecule has 1 aromatic rings. The van der Waals surface area contributed by atoms with Crippen LogP contribution in [0.5, 0.6) is 0 Å². The summed E-state index contributed by atoms with van der Waals surface area (Å²) in [6.07, 6.45) is 6.79. The quantitative estimate of drug-likeness (QED) is 0.766. The Hall–Kier alpha value is -1.36. The molecule has 1 aliphatic rings. The van der Waals surface area contributed by atoms with Crippen LogP contribution < -0.4 is 16.6 Å². The van der Waals surface area contributed by atoms with Gasteiger partial charge in [0.25, 0.3) is 5.56 Å². The zero-order valence-corrected chi connectivity index (χ0v) is 10.3. The minimum atomic E-state index is -0.0430. The highest BCUT2D eigenvalue weighted by molar-refractivity contribution is 5.31. The summed E-state index contributed by atoms with van der Waals surface area (Å²) in [5.74, 6) is 0.456. The van der Waals surface area contributed by atoms with Crippen LogP contribution in [-0.4, -0.2) is 22.6 Å². The molecule has 0 aliphatic heterocycles. The number of anilines is 1. The first-order valence-electron chi connectivity index (χ1n) is 6.20. The number of rotatable bonds is 6. The lowest BCUT2D eigenvalue weighted by Crippen LogP contribution is -2.27. The summed E-state index contributed by atoms with van der Waals surface area (Å²) >= 11 is 0. The van der Waals surface area contributed by atoms with Crippen molar-refractivity contribution in [1.82, 2.24) is 9.55 Å². The average Bonchev–Trinajstić information content (AvgIpc) is 3.09. The molecule has 1 fully saturated rings. The smallest absolute Gasteiger partial charge is 0.293 e. The summed E-state index contributed by atoms with van der Waals surface area (Å²) in [6.45, 7) is 4.13. The molecule has 94 valence electrons. The molecule has 0 saturated heterocycles. The molecule has 0 spiro atoms. The molecule has 0 unspecified atom stereocenters. The van der Waals surface area contributed by atoms with Gasteiger partial charge >= 0.3 is 0 Å². The van der Waals surface area contributed by atoms with Gasteiger partial charge in [-0.05, 0) is 38.1 Å². The molecule has 0 atom stereocenters. The van der Waals surface area contributed by atoms with E-state index in [2.05, 4.69) is 10.3 Å². The summed E-state index contributed by atoms with van der Waals surface area (Å²) in [6, 6.07) is 0. The summed E-state index contributed by atoms with van der Waals surface area (Å²) in [5, 5.41) is 3.18. The molecule has 1 aromatic heterocycles. The van der Waals surface area contributed by atoms with Gasteiger partial charge in [-0.25, -0.2) is 4.98 Å². The molecule has 0 bridgehead atoms. The van der Waals surface area contributed by atoms with Gasteiger partial charge in [-0.3, -0.25) is 4.79 Å². The van der Waals surface area contributed by atoms with E-state index >= 15 is 0 Å². The molecule has 3 N–H and O–H groups in total. The highest BCUT2D eigenvalue weighted by atomic mass is 16.1. The van der Waals surface area contributed by atoms with Crippen LogP contribution >= 0.6 is 0 Å². The van der Waals surface area contributed by atoms with E-state index < -0.39 is 0 Å². The number of nitrogens with one attached hydrogen (secondary N) is 1. The zero-order chi connectivity index (χ0) is 12.3. The Morgan fingerprint density at radius 3 is 2.94 bits per heavy atom.